The van der Waals surface area contributed by atoms with E-state index in [0.717, 1.165) is 17.5 Å². The quantitative estimate of drug-likeness (QED) is 0.655. The van der Waals surface area contributed by atoms with Gasteiger partial charge in [-0.1, -0.05) is 63.8 Å². The lowest BCUT2D eigenvalue weighted by Gasteiger charge is -2.13. The maximum atomic E-state index is 10.2. The molecule has 124 valence electrons. The zero-order valence-electron chi connectivity index (χ0n) is 14.3. The fourth-order valence-corrected chi connectivity index (χ4v) is 2.77. The number of hydrogen-bond donors (Lipinski definition) is 1. The normalized spacial score (nSPS) is 12.3. The zero-order chi connectivity index (χ0) is 16.5. The van der Waals surface area contributed by atoms with E-state index in [9.17, 15) is 5.11 Å². The highest BCUT2D eigenvalue weighted by Crippen LogP contribution is 2.27. The van der Waals surface area contributed by atoms with Crippen LogP contribution in [0.25, 0.3) is 11.4 Å². The molecule has 0 spiro atoms. The van der Waals surface area contributed by atoms with E-state index >= 15 is 0 Å². The van der Waals surface area contributed by atoms with Gasteiger partial charge in [-0.15, -0.1) is 0 Å². The highest BCUT2D eigenvalue weighted by atomic mass is 16.3. The largest absolute Gasteiger partial charge is 0.388 e. The second-order valence-corrected chi connectivity index (χ2v) is 6.09. The molecule has 0 radical (unpaired) electrons. The van der Waals surface area contributed by atoms with Gasteiger partial charge in [0, 0.05) is 18.0 Å². The van der Waals surface area contributed by atoms with E-state index < -0.39 is 6.10 Å². The van der Waals surface area contributed by atoms with E-state index in [1.165, 1.54) is 37.7 Å². The second kappa shape index (κ2) is 9.41. The van der Waals surface area contributed by atoms with Crippen molar-refractivity contribution in [2.45, 2.75) is 64.9 Å². The van der Waals surface area contributed by atoms with Gasteiger partial charge in [-0.2, -0.15) is 0 Å². The van der Waals surface area contributed by atoms with Crippen LogP contribution >= 0.6 is 0 Å². The van der Waals surface area contributed by atoms with Gasteiger partial charge in [0.15, 0.2) is 5.82 Å². The molecule has 3 nitrogen and oxygen atoms in total. The monoisotopic (exact) mass is 312 g/mol. The summed E-state index contributed by atoms with van der Waals surface area (Å²) in [6.45, 7) is 4.21. The molecule has 3 heteroatoms. The van der Waals surface area contributed by atoms with Crippen LogP contribution in [-0.4, -0.2) is 15.1 Å². The zero-order valence-corrected chi connectivity index (χ0v) is 14.3. The Morgan fingerprint density at radius 2 is 1.65 bits per heavy atom. The first kappa shape index (κ1) is 17.6. The third kappa shape index (κ3) is 5.14. The van der Waals surface area contributed by atoms with Crippen molar-refractivity contribution >= 4 is 0 Å². The van der Waals surface area contributed by atoms with Crippen molar-refractivity contribution < 1.29 is 5.11 Å². The molecule has 0 saturated carbocycles. The molecule has 23 heavy (non-hydrogen) atoms. The summed E-state index contributed by atoms with van der Waals surface area (Å²) < 4.78 is 0. The third-order valence-electron chi connectivity index (χ3n) is 4.22. The standard InChI is InChI=1S/C20H28N2O/c1-3-5-6-7-8-11-16-14-21-20(22-15-16)18-13-10-9-12-17(18)19(23)4-2/h9-10,12-15,19,23H,3-8,11H2,1-2H3. The molecule has 1 aromatic carbocycles. The predicted octanol–water partition coefficient (Wildman–Crippen LogP) is 5.10. The first-order valence-corrected chi connectivity index (χ1v) is 8.84. The Morgan fingerprint density at radius 1 is 0.957 bits per heavy atom. The van der Waals surface area contributed by atoms with Crippen LogP contribution in [0.3, 0.4) is 0 Å². The van der Waals surface area contributed by atoms with Crippen molar-refractivity contribution in [3.63, 3.8) is 0 Å². The summed E-state index contributed by atoms with van der Waals surface area (Å²) in [5.74, 6) is 0.697. The van der Waals surface area contributed by atoms with Crippen molar-refractivity contribution in [3.8, 4) is 11.4 Å². The summed E-state index contributed by atoms with van der Waals surface area (Å²) in [6, 6.07) is 7.84. The van der Waals surface area contributed by atoms with Crippen molar-refractivity contribution in [2.75, 3.05) is 0 Å². The Bertz CT molecular complexity index is 580. The maximum Gasteiger partial charge on any atom is 0.159 e. The number of benzene rings is 1. The van der Waals surface area contributed by atoms with Gasteiger partial charge in [-0.25, -0.2) is 9.97 Å². The highest BCUT2D eigenvalue weighted by Gasteiger charge is 2.13. The number of aliphatic hydroxyl groups is 1. The van der Waals surface area contributed by atoms with Crippen LogP contribution < -0.4 is 0 Å². The predicted molar refractivity (Wildman–Crippen MR) is 95.2 cm³/mol. The van der Waals surface area contributed by atoms with Crippen LogP contribution in [0, 0.1) is 0 Å². The van der Waals surface area contributed by atoms with Crippen LogP contribution in [-0.2, 0) is 6.42 Å². The summed E-state index contributed by atoms with van der Waals surface area (Å²) in [5.41, 5.74) is 3.03. The van der Waals surface area contributed by atoms with Gasteiger partial charge >= 0.3 is 0 Å². The number of aromatic nitrogens is 2. The van der Waals surface area contributed by atoms with Gasteiger partial charge in [0.1, 0.15) is 0 Å². The lowest BCUT2D eigenvalue weighted by atomic mass is 10.00. The molecule has 0 fully saturated rings. The van der Waals surface area contributed by atoms with E-state index in [-0.39, 0.29) is 0 Å². The molecule has 0 aliphatic carbocycles. The van der Waals surface area contributed by atoms with Gasteiger partial charge in [-0.3, -0.25) is 0 Å². The van der Waals surface area contributed by atoms with Gasteiger partial charge in [0.2, 0.25) is 0 Å². The lowest BCUT2D eigenvalue weighted by molar-refractivity contribution is 0.174. The highest BCUT2D eigenvalue weighted by molar-refractivity contribution is 5.60. The number of nitrogens with zero attached hydrogens (tertiary/aromatic N) is 2. The van der Waals surface area contributed by atoms with E-state index in [4.69, 9.17) is 0 Å². The molecule has 1 N–H and O–H groups in total. The Kier molecular flexibility index (Phi) is 7.21. The van der Waals surface area contributed by atoms with Gasteiger partial charge < -0.3 is 5.11 Å². The van der Waals surface area contributed by atoms with Crippen molar-refractivity contribution in [3.05, 3.63) is 47.8 Å². The molecule has 2 aromatic rings. The van der Waals surface area contributed by atoms with Gasteiger partial charge in [0.05, 0.1) is 6.10 Å². The summed E-state index contributed by atoms with van der Waals surface area (Å²) >= 11 is 0. The van der Waals surface area contributed by atoms with Crippen LogP contribution in [0.4, 0.5) is 0 Å². The van der Waals surface area contributed by atoms with Crippen LogP contribution in [0.5, 0.6) is 0 Å². The maximum absolute atomic E-state index is 10.2. The van der Waals surface area contributed by atoms with E-state index in [2.05, 4.69) is 16.9 Å². The van der Waals surface area contributed by atoms with Crippen LogP contribution in [0.1, 0.15) is 69.6 Å². The molecule has 1 aromatic heterocycles. The third-order valence-corrected chi connectivity index (χ3v) is 4.22. The number of unbranched alkanes of at least 4 members (excludes halogenated alkanes) is 4. The summed E-state index contributed by atoms with van der Waals surface area (Å²) in [5, 5.41) is 10.2. The number of hydrogen-bond acceptors (Lipinski definition) is 3. The Balaban J connectivity index is 2.02. The summed E-state index contributed by atoms with van der Waals surface area (Å²) in [7, 11) is 0. The number of rotatable bonds is 9. The SMILES string of the molecule is CCCCCCCc1cnc(-c2ccccc2C(O)CC)nc1. The number of aliphatic hydroxyl groups excluding tert-OH is 1. The van der Waals surface area contributed by atoms with Crippen LogP contribution in [0.15, 0.2) is 36.7 Å². The molecule has 0 saturated heterocycles. The average Bonchev–Trinajstić information content (AvgIpc) is 2.61. The van der Waals surface area contributed by atoms with E-state index in [1.807, 2.05) is 43.6 Å². The van der Waals surface area contributed by atoms with E-state index in [1.54, 1.807) is 0 Å². The Labute approximate surface area is 139 Å². The Hall–Kier alpha value is -1.74. The fourth-order valence-electron chi connectivity index (χ4n) is 2.77. The first-order valence-electron chi connectivity index (χ1n) is 8.84. The average molecular weight is 312 g/mol. The number of aryl methyl sites for hydroxylation is 1. The van der Waals surface area contributed by atoms with Gasteiger partial charge in [0.25, 0.3) is 0 Å². The molecule has 1 heterocycles. The second-order valence-electron chi connectivity index (χ2n) is 6.09. The summed E-state index contributed by atoms with van der Waals surface area (Å²) in [4.78, 5) is 9.04. The molecular formula is C20H28N2O. The van der Waals surface area contributed by atoms with E-state index in [0.29, 0.717) is 12.2 Å². The summed E-state index contributed by atoms with van der Waals surface area (Å²) in [6.07, 6.45) is 11.5. The minimum Gasteiger partial charge on any atom is -0.388 e. The van der Waals surface area contributed by atoms with Crippen molar-refractivity contribution in [1.29, 1.82) is 0 Å². The molecule has 0 bridgehead atoms. The van der Waals surface area contributed by atoms with Crippen molar-refractivity contribution in [1.82, 2.24) is 9.97 Å². The topological polar surface area (TPSA) is 46.0 Å². The smallest absolute Gasteiger partial charge is 0.159 e. The molecule has 0 amide bonds. The molecule has 1 atom stereocenters. The molecule has 0 aliphatic heterocycles. The van der Waals surface area contributed by atoms with Crippen LogP contribution in [0.2, 0.25) is 0 Å². The first-order chi connectivity index (χ1) is 11.3. The lowest BCUT2D eigenvalue weighted by Crippen LogP contribution is -2.01. The molecule has 0 aliphatic rings. The van der Waals surface area contributed by atoms with Crippen molar-refractivity contribution in [2.24, 2.45) is 0 Å². The fraction of sp³-hybridized carbons (Fsp3) is 0.500. The minimum absolute atomic E-state index is 0.465. The van der Waals surface area contributed by atoms with Gasteiger partial charge in [-0.05, 0) is 30.4 Å². The minimum atomic E-state index is -0.465. The molecule has 2 rings (SSSR count). The Morgan fingerprint density at radius 3 is 2.35 bits per heavy atom. The molecular weight excluding hydrogens is 284 g/mol. The molecule has 1 unspecified atom stereocenters.